The lowest BCUT2D eigenvalue weighted by Crippen LogP contribution is -2.60. The highest BCUT2D eigenvalue weighted by Gasteiger charge is 2.51. The average Bonchev–Trinajstić information content (AvgIpc) is 3.47. The van der Waals surface area contributed by atoms with Gasteiger partial charge in [-0.1, -0.05) is 231 Å². The van der Waals surface area contributed by atoms with Crippen LogP contribution in [-0.4, -0.2) is 55.9 Å². The van der Waals surface area contributed by atoms with Crippen molar-refractivity contribution in [3.63, 3.8) is 0 Å². The first-order valence-corrected chi connectivity index (χ1v) is 26.5. The van der Waals surface area contributed by atoms with Crippen LogP contribution in [0.4, 0.5) is 0 Å². The first-order chi connectivity index (χ1) is 37.2. The molecule has 2 aliphatic rings. The van der Waals surface area contributed by atoms with Crippen molar-refractivity contribution in [2.75, 3.05) is 13.2 Å². The molecule has 0 heterocycles. The molecule has 0 bridgehead atoms. The van der Waals surface area contributed by atoms with Crippen molar-refractivity contribution in [3.05, 3.63) is 276 Å². The summed E-state index contributed by atoms with van der Waals surface area (Å²) in [6, 6.07) is 76.8. The summed E-state index contributed by atoms with van der Waals surface area (Å²) in [5, 5.41) is 2.38. The lowest BCUT2D eigenvalue weighted by atomic mass is 9.79. The first-order valence-electron chi connectivity index (χ1n) is 26.5. The number of ether oxygens (including phenoxy) is 8. The molecule has 9 atom stereocenters. The van der Waals surface area contributed by atoms with Gasteiger partial charge in [0.05, 0.1) is 77.8 Å². The van der Waals surface area contributed by atoms with E-state index in [1.807, 2.05) is 109 Å². The Labute approximate surface area is 442 Å². The normalized spacial score (nSPS) is 22.5. The molecule has 2 aliphatic carbocycles. The van der Waals surface area contributed by atoms with E-state index in [4.69, 9.17) is 37.9 Å². The quantitative estimate of drug-likeness (QED) is 0.0524. The molecule has 1 saturated carbocycles. The summed E-state index contributed by atoms with van der Waals surface area (Å²) in [6.45, 7) is 3.53. The molecule has 0 saturated heterocycles. The predicted octanol–water partition coefficient (Wildman–Crippen LogP) is 13.5. The van der Waals surface area contributed by atoms with E-state index in [9.17, 15) is 0 Å². The lowest BCUT2D eigenvalue weighted by Gasteiger charge is -2.48. The Balaban J connectivity index is 1.02. The smallest absolute Gasteiger partial charge is 0.114 e. The predicted molar refractivity (Wildman–Crippen MR) is 294 cm³/mol. The van der Waals surface area contributed by atoms with Crippen LogP contribution in [0.15, 0.2) is 237 Å². The Morgan fingerprint density at radius 1 is 0.307 bits per heavy atom. The summed E-state index contributed by atoms with van der Waals surface area (Å²) in [6.07, 6.45) is 1.31. The number of hydrogen-bond acceptors (Lipinski definition) is 8. The third-order valence-corrected chi connectivity index (χ3v) is 14.2. The molecule has 8 aromatic carbocycles. The molecule has 9 unspecified atom stereocenters. The van der Waals surface area contributed by atoms with Gasteiger partial charge < -0.3 is 37.9 Å². The fourth-order valence-electron chi connectivity index (χ4n) is 10.3. The van der Waals surface area contributed by atoms with Crippen LogP contribution in [0, 0.1) is 11.8 Å². The molecule has 0 spiro atoms. The Morgan fingerprint density at radius 2 is 0.720 bits per heavy atom. The van der Waals surface area contributed by atoms with Crippen LogP contribution in [0.25, 0.3) is 10.8 Å². The number of fused-ring (bicyclic) bond motifs is 1. The zero-order valence-corrected chi connectivity index (χ0v) is 42.5. The summed E-state index contributed by atoms with van der Waals surface area (Å²) in [4.78, 5) is 0. The summed E-state index contributed by atoms with van der Waals surface area (Å²) < 4.78 is 56.8. The van der Waals surface area contributed by atoms with Gasteiger partial charge >= 0.3 is 0 Å². The van der Waals surface area contributed by atoms with Crippen molar-refractivity contribution >= 4 is 10.8 Å². The van der Waals surface area contributed by atoms with E-state index >= 15 is 0 Å². The van der Waals surface area contributed by atoms with Crippen molar-refractivity contribution in [1.82, 2.24) is 0 Å². The summed E-state index contributed by atoms with van der Waals surface area (Å²) in [5.41, 5.74) is 7.51. The number of hydrogen-bond donors (Lipinski definition) is 0. The minimum absolute atomic E-state index is 0.157. The van der Waals surface area contributed by atoms with E-state index in [1.165, 1.54) is 10.8 Å². The maximum Gasteiger partial charge on any atom is 0.114 e. The minimum atomic E-state index is -0.580. The van der Waals surface area contributed by atoms with Crippen LogP contribution in [-0.2, 0) is 84.1 Å². The molecule has 8 heteroatoms. The second kappa shape index (κ2) is 27.3. The Bertz CT molecular complexity index is 2910. The van der Waals surface area contributed by atoms with Crippen LogP contribution in [0.3, 0.4) is 0 Å². The highest BCUT2D eigenvalue weighted by molar-refractivity contribution is 5.82. The van der Waals surface area contributed by atoms with Gasteiger partial charge in [0.25, 0.3) is 0 Å². The second-order valence-electron chi connectivity index (χ2n) is 19.7. The van der Waals surface area contributed by atoms with E-state index in [1.54, 1.807) is 0 Å². The lowest BCUT2D eigenvalue weighted by molar-refractivity contribution is -0.257. The zero-order chi connectivity index (χ0) is 50.7. The van der Waals surface area contributed by atoms with Gasteiger partial charge in [0.1, 0.15) is 24.4 Å². The first kappa shape index (κ1) is 51.9. The molecule has 75 heavy (non-hydrogen) atoms. The van der Waals surface area contributed by atoms with Gasteiger partial charge in [0, 0.05) is 11.8 Å². The van der Waals surface area contributed by atoms with Crippen molar-refractivity contribution in [3.8, 4) is 0 Å². The third kappa shape index (κ3) is 14.9. The molecule has 0 amide bonds. The van der Waals surface area contributed by atoms with Crippen LogP contribution in [0.2, 0.25) is 0 Å². The number of benzene rings is 8. The fraction of sp³-hybridized carbons (Fsp3) is 0.284. The van der Waals surface area contributed by atoms with Crippen molar-refractivity contribution < 1.29 is 37.9 Å². The Morgan fingerprint density at radius 3 is 1.25 bits per heavy atom. The maximum absolute atomic E-state index is 7.83. The topological polar surface area (TPSA) is 73.8 Å². The van der Waals surface area contributed by atoms with Crippen molar-refractivity contribution in [2.45, 2.75) is 95.4 Å². The molecule has 8 nitrogen and oxygen atoms in total. The fourth-order valence-corrected chi connectivity index (χ4v) is 10.3. The molecule has 8 aromatic rings. The van der Waals surface area contributed by atoms with E-state index < -0.39 is 42.7 Å². The molecular weight excluding hydrogens is 933 g/mol. The van der Waals surface area contributed by atoms with Gasteiger partial charge in [0.15, 0.2) is 0 Å². The van der Waals surface area contributed by atoms with Crippen molar-refractivity contribution in [2.24, 2.45) is 11.8 Å². The molecule has 0 radical (unpaired) electrons. The van der Waals surface area contributed by atoms with E-state index in [2.05, 4.69) is 127 Å². The monoisotopic (exact) mass is 1000 g/mol. The van der Waals surface area contributed by atoms with Gasteiger partial charge in [0.2, 0.25) is 0 Å². The molecule has 0 N–H and O–H groups in total. The van der Waals surface area contributed by atoms with Gasteiger partial charge in [-0.2, -0.15) is 0 Å². The molecular formula is C67H68O8. The van der Waals surface area contributed by atoms with Crippen LogP contribution < -0.4 is 0 Å². The molecule has 10 rings (SSSR count). The largest absolute Gasteiger partial charge is 0.376 e. The maximum atomic E-state index is 7.83. The van der Waals surface area contributed by atoms with Crippen molar-refractivity contribution in [1.29, 1.82) is 0 Å². The minimum Gasteiger partial charge on any atom is -0.376 e. The molecule has 0 aliphatic heterocycles. The highest BCUT2D eigenvalue weighted by atomic mass is 16.6. The highest BCUT2D eigenvalue weighted by Crippen LogP contribution is 2.39. The van der Waals surface area contributed by atoms with Gasteiger partial charge in [-0.05, 0) is 62.2 Å². The summed E-state index contributed by atoms with van der Waals surface area (Å²) >= 11 is 0. The molecule has 384 valence electrons. The molecule has 1 fully saturated rings. The summed E-state index contributed by atoms with van der Waals surface area (Å²) in [5.74, 6) is -0.378. The van der Waals surface area contributed by atoms with Crippen LogP contribution in [0.1, 0.15) is 45.4 Å². The van der Waals surface area contributed by atoms with Crippen LogP contribution in [0.5, 0.6) is 0 Å². The van der Waals surface area contributed by atoms with E-state index in [0.29, 0.717) is 65.9 Å². The molecule has 0 aromatic heterocycles. The van der Waals surface area contributed by atoms with E-state index in [-0.39, 0.29) is 11.8 Å². The van der Waals surface area contributed by atoms with Gasteiger partial charge in [-0.25, -0.2) is 0 Å². The van der Waals surface area contributed by atoms with Gasteiger partial charge in [-0.15, -0.1) is 0 Å². The SMILES string of the molecule is C1=CC(OCc2ccccc2)C(OCc2ccccc2)C(OC2CC(COCc3ccccc3)C(OCc3ccccc3)C(OCc3ccccc3)C2OCc2ccccc2)C1COCc1ccc2ccccc2c1. The summed E-state index contributed by atoms with van der Waals surface area (Å²) in [7, 11) is 0. The standard InChI is InChI=1S/C67H68O8/c1-7-21-50(22-8-1)41-68-49-60-40-62(66(73-46-54-29-15-5-16-30-54)67(74-47-55-31-17-6-18-32-55)63(60)71-44-52-25-11-3-12-26-52)75-64-59(48-69-42-56-35-36-57-33-19-20-34-58(57)39-56)37-38-61(70-43-51-23-9-2-10-24-51)65(64)72-45-53-27-13-4-14-28-53/h1-39,59-67H,40-49H2. The third-order valence-electron chi connectivity index (χ3n) is 14.2. The van der Waals surface area contributed by atoms with Gasteiger partial charge in [-0.3, -0.25) is 0 Å². The number of rotatable bonds is 25. The Kier molecular flexibility index (Phi) is 18.9. The Hall–Kier alpha value is -6.56. The average molecular weight is 1000 g/mol. The van der Waals surface area contributed by atoms with E-state index in [0.717, 1.165) is 38.9 Å². The zero-order valence-electron chi connectivity index (χ0n) is 42.5. The van der Waals surface area contributed by atoms with Crippen LogP contribution >= 0.6 is 0 Å². The second-order valence-corrected chi connectivity index (χ2v) is 19.7.